The van der Waals surface area contributed by atoms with Crippen LogP contribution in [-0.2, 0) is 4.79 Å². The molecule has 0 spiro atoms. The molecule has 0 saturated carbocycles. The number of hydrazone groups is 1. The molecule has 11 nitrogen and oxygen atoms in total. The van der Waals surface area contributed by atoms with Crippen LogP contribution in [0.2, 0.25) is 0 Å². The number of ether oxygens (including phenoxy) is 2. The molecule has 12 heteroatoms. The van der Waals surface area contributed by atoms with Gasteiger partial charge in [0.2, 0.25) is 0 Å². The van der Waals surface area contributed by atoms with E-state index in [4.69, 9.17) is 9.47 Å². The van der Waals surface area contributed by atoms with Crippen LogP contribution in [0.4, 0.5) is 5.69 Å². The number of methoxy groups -OCH3 is 1. The third kappa shape index (κ3) is 6.99. The molecule has 200 valence electrons. The third-order valence-corrected chi connectivity index (χ3v) is 6.28. The first kappa shape index (κ1) is 27.3. The second-order valence-corrected chi connectivity index (χ2v) is 9.07. The molecule has 1 amide bonds. The topological polar surface area (TPSA) is 134 Å². The summed E-state index contributed by atoms with van der Waals surface area (Å²) < 4.78 is 12.8. The molecule has 4 aromatic rings. The average Bonchev–Trinajstić information content (AvgIpc) is 3.40. The number of hydrogen-bond acceptors (Lipinski definition) is 9. The molecule has 0 aliphatic rings. The van der Waals surface area contributed by atoms with Gasteiger partial charge >= 0.3 is 0 Å². The lowest BCUT2D eigenvalue weighted by atomic mass is 10.2. The van der Waals surface area contributed by atoms with Gasteiger partial charge in [-0.25, -0.2) is 5.43 Å². The number of nitrogens with one attached hydrogen (secondary N) is 1. The van der Waals surface area contributed by atoms with E-state index in [0.717, 1.165) is 17.7 Å². The van der Waals surface area contributed by atoms with Gasteiger partial charge in [0.1, 0.15) is 0 Å². The molecule has 0 unspecified atom stereocenters. The molecular formula is C27H26N6O5S. The average molecular weight is 547 g/mol. The minimum absolute atomic E-state index is 0.0182. The lowest BCUT2D eigenvalue weighted by Crippen LogP contribution is -2.20. The predicted molar refractivity (Wildman–Crippen MR) is 149 cm³/mol. The molecule has 0 aliphatic heterocycles. The van der Waals surface area contributed by atoms with E-state index in [1.807, 2.05) is 43.3 Å². The Morgan fingerprint density at radius 1 is 1.10 bits per heavy atom. The Balaban J connectivity index is 1.46. The van der Waals surface area contributed by atoms with Crippen LogP contribution in [0.1, 0.15) is 18.9 Å². The number of thioether (sulfide) groups is 1. The van der Waals surface area contributed by atoms with E-state index in [2.05, 4.69) is 20.7 Å². The summed E-state index contributed by atoms with van der Waals surface area (Å²) in [5, 5.41) is 24.3. The highest BCUT2D eigenvalue weighted by molar-refractivity contribution is 7.99. The van der Waals surface area contributed by atoms with Crippen molar-refractivity contribution in [3.05, 3.63) is 88.5 Å². The van der Waals surface area contributed by atoms with Crippen molar-refractivity contribution in [2.75, 3.05) is 19.5 Å². The summed E-state index contributed by atoms with van der Waals surface area (Å²) >= 11 is 1.17. The molecule has 39 heavy (non-hydrogen) atoms. The smallest absolute Gasteiger partial charge is 0.270 e. The highest BCUT2D eigenvalue weighted by Gasteiger charge is 2.19. The van der Waals surface area contributed by atoms with Gasteiger partial charge in [0.25, 0.3) is 11.6 Å². The van der Waals surface area contributed by atoms with Crippen LogP contribution in [0.3, 0.4) is 0 Å². The van der Waals surface area contributed by atoms with Crippen molar-refractivity contribution in [3.8, 4) is 28.6 Å². The Hall–Kier alpha value is -4.71. The Kier molecular flexibility index (Phi) is 9.25. The molecular weight excluding hydrogens is 520 g/mol. The van der Waals surface area contributed by atoms with Crippen molar-refractivity contribution in [1.82, 2.24) is 20.2 Å². The number of benzene rings is 3. The maximum atomic E-state index is 12.5. The summed E-state index contributed by atoms with van der Waals surface area (Å²) in [6.45, 7) is 2.61. The van der Waals surface area contributed by atoms with Crippen LogP contribution in [-0.4, -0.2) is 51.3 Å². The number of carbonyl (C=O) groups excluding carboxylic acids is 1. The van der Waals surface area contributed by atoms with Crippen LogP contribution in [0.15, 0.2) is 83.1 Å². The van der Waals surface area contributed by atoms with E-state index in [1.165, 1.54) is 30.1 Å². The number of non-ortho nitro benzene ring substituents is 1. The van der Waals surface area contributed by atoms with Gasteiger partial charge in [0.05, 0.1) is 30.6 Å². The van der Waals surface area contributed by atoms with E-state index >= 15 is 0 Å². The van der Waals surface area contributed by atoms with Gasteiger partial charge in [-0.15, -0.1) is 10.2 Å². The lowest BCUT2D eigenvalue weighted by molar-refractivity contribution is -0.384. The monoisotopic (exact) mass is 546 g/mol. The van der Waals surface area contributed by atoms with Gasteiger partial charge in [0.15, 0.2) is 22.5 Å². The van der Waals surface area contributed by atoms with Gasteiger partial charge in [0, 0.05) is 23.4 Å². The van der Waals surface area contributed by atoms with Crippen LogP contribution >= 0.6 is 11.8 Å². The number of nitro benzene ring substituents is 1. The zero-order valence-corrected chi connectivity index (χ0v) is 22.1. The fraction of sp³-hybridized carbons (Fsp3) is 0.185. The van der Waals surface area contributed by atoms with Crippen LogP contribution in [0.5, 0.6) is 11.5 Å². The van der Waals surface area contributed by atoms with Gasteiger partial charge in [-0.05, 0) is 42.3 Å². The standard InChI is InChI=1S/C27H26N6O5S/c1-3-14-38-23-13-12-19(15-24(23)37-2)17-28-29-25(34)18-39-27-31-30-26(32(27)21-9-5-4-6-10-21)20-8-7-11-22(16-20)33(35)36/h4-13,15-17H,3,14,18H2,1-2H3,(H,29,34)/b28-17-. The second-order valence-electron chi connectivity index (χ2n) is 8.13. The molecule has 4 rings (SSSR count). The number of rotatable bonds is 12. The number of carbonyl (C=O) groups is 1. The SMILES string of the molecule is CCCOc1ccc(/C=N\NC(=O)CSc2nnc(-c3cccc([N+](=O)[O-])c3)n2-c2ccccc2)cc1OC. The molecule has 0 fully saturated rings. The lowest BCUT2D eigenvalue weighted by Gasteiger charge is -2.10. The molecule has 0 saturated heterocycles. The summed E-state index contributed by atoms with van der Waals surface area (Å²) in [6, 6.07) is 20.9. The summed E-state index contributed by atoms with van der Waals surface area (Å²) in [5.41, 5.74) is 4.47. The largest absolute Gasteiger partial charge is 0.493 e. The number of hydrogen-bond donors (Lipinski definition) is 1. The van der Waals surface area contributed by atoms with Crippen LogP contribution < -0.4 is 14.9 Å². The molecule has 1 N–H and O–H groups in total. The first-order valence-electron chi connectivity index (χ1n) is 12.0. The van der Waals surface area contributed by atoms with Crippen molar-refractivity contribution in [2.45, 2.75) is 18.5 Å². The molecule has 0 bridgehead atoms. The van der Waals surface area contributed by atoms with Crippen molar-refractivity contribution < 1.29 is 19.2 Å². The maximum absolute atomic E-state index is 12.5. The minimum Gasteiger partial charge on any atom is -0.493 e. The van der Waals surface area contributed by atoms with Crippen molar-refractivity contribution in [2.24, 2.45) is 5.10 Å². The summed E-state index contributed by atoms with van der Waals surface area (Å²) in [7, 11) is 1.56. The zero-order valence-electron chi connectivity index (χ0n) is 21.3. The van der Waals surface area contributed by atoms with E-state index in [1.54, 1.807) is 35.9 Å². The van der Waals surface area contributed by atoms with E-state index in [9.17, 15) is 14.9 Å². The molecule has 1 aromatic heterocycles. The Labute approximate surface area is 229 Å². The summed E-state index contributed by atoms with van der Waals surface area (Å²) in [4.78, 5) is 23.3. The van der Waals surface area contributed by atoms with Crippen molar-refractivity contribution >= 4 is 29.6 Å². The fourth-order valence-corrected chi connectivity index (χ4v) is 4.30. The molecule has 0 aliphatic carbocycles. The summed E-state index contributed by atoms with van der Waals surface area (Å²) in [5.74, 6) is 1.32. The van der Waals surface area contributed by atoms with Gasteiger partial charge in [-0.1, -0.05) is 49.0 Å². The predicted octanol–water partition coefficient (Wildman–Crippen LogP) is 4.88. The Morgan fingerprint density at radius 2 is 1.92 bits per heavy atom. The first-order valence-corrected chi connectivity index (χ1v) is 13.0. The number of para-hydroxylation sites is 1. The fourth-order valence-electron chi connectivity index (χ4n) is 3.56. The third-order valence-electron chi connectivity index (χ3n) is 5.35. The molecule has 1 heterocycles. The quantitative estimate of drug-likeness (QED) is 0.115. The first-order chi connectivity index (χ1) is 19.0. The Bertz CT molecular complexity index is 1470. The van der Waals surface area contributed by atoms with E-state index in [0.29, 0.717) is 34.7 Å². The molecule has 0 radical (unpaired) electrons. The van der Waals surface area contributed by atoms with E-state index in [-0.39, 0.29) is 17.3 Å². The Morgan fingerprint density at radius 3 is 2.67 bits per heavy atom. The summed E-state index contributed by atoms with van der Waals surface area (Å²) in [6.07, 6.45) is 2.40. The van der Waals surface area contributed by atoms with Gasteiger partial charge < -0.3 is 9.47 Å². The number of nitro groups is 1. The van der Waals surface area contributed by atoms with Crippen LogP contribution in [0.25, 0.3) is 17.1 Å². The molecule has 0 atom stereocenters. The maximum Gasteiger partial charge on any atom is 0.270 e. The van der Waals surface area contributed by atoms with Crippen molar-refractivity contribution in [3.63, 3.8) is 0 Å². The highest BCUT2D eigenvalue weighted by atomic mass is 32.2. The molecule has 3 aromatic carbocycles. The number of aromatic nitrogens is 3. The second kappa shape index (κ2) is 13.2. The van der Waals surface area contributed by atoms with E-state index < -0.39 is 4.92 Å². The highest BCUT2D eigenvalue weighted by Crippen LogP contribution is 2.30. The zero-order chi connectivity index (χ0) is 27.6. The number of amides is 1. The van der Waals surface area contributed by atoms with Gasteiger partial charge in [-0.2, -0.15) is 5.10 Å². The van der Waals surface area contributed by atoms with Crippen LogP contribution in [0, 0.1) is 10.1 Å². The minimum atomic E-state index is -0.460. The van der Waals surface area contributed by atoms with Crippen molar-refractivity contribution in [1.29, 1.82) is 0 Å². The normalized spacial score (nSPS) is 10.9. The van der Waals surface area contributed by atoms with Gasteiger partial charge in [-0.3, -0.25) is 19.5 Å². The number of nitrogens with zero attached hydrogens (tertiary/aromatic N) is 5.